The highest BCUT2D eigenvalue weighted by atomic mass is 35.5. The average molecular weight is 290 g/mol. The van der Waals surface area contributed by atoms with Crippen LogP contribution in [0, 0.1) is 6.92 Å². The van der Waals surface area contributed by atoms with Gasteiger partial charge in [0.25, 0.3) is 0 Å². The van der Waals surface area contributed by atoms with Crippen molar-refractivity contribution in [1.82, 2.24) is 4.57 Å². The van der Waals surface area contributed by atoms with Crippen molar-refractivity contribution in [2.24, 2.45) is 0 Å². The van der Waals surface area contributed by atoms with Gasteiger partial charge in [-0.05, 0) is 42.3 Å². The molecule has 0 unspecified atom stereocenters. The Hall–Kier alpha value is -1.44. The van der Waals surface area contributed by atoms with Gasteiger partial charge in [0, 0.05) is 33.7 Å². The second-order valence-corrected chi connectivity index (χ2v) is 5.53. The first kappa shape index (κ1) is 12.6. The number of hydrogen-bond donors (Lipinski definition) is 0. The van der Waals surface area contributed by atoms with Crippen molar-refractivity contribution in [3.8, 4) is 0 Å². The van der Waals surface area contributed by atoms with Gasteiger partial charge < -0.3 is 4.57 Å². The molecule has 1 nitrogen and oxygen atoms in total. The molecule has 3 rings (SSSR count). The average Bonchev–Trinajstić information content (AvgIpc) is 2.78. The maximum absolute atomic E-state index is 6.29. The van der Waals surface area contributed by atoms with E-state index in [-0.39, 0.29) is 0 Å². The Balaban J connectivity index is 2.04. The summed E-state index contributed by atoms with van der Waals surface area (Å²) in [6.45, 7) is 2.80. The quantitative estimate of drug-likeness (QED) is 0.603. The Morgan fingerprint density at radius 3 is 2.63 bits per heavy atom. The van der Waals surface area contributed by atoms with Crippen molar-refractivity contribution >= 4 is 34.1 Å². The summed E-state index contributed by atoms with van der Waals surface area (Å²) < 4.78 is 2.16. The predicted octanol–water partition coefficient (Wildman–Crippen LogP) is 5.30. The highest BCUT2D eigenvalue weighted by Crippen LogP contribution is 2.26. The van der Waals surface area contributed by atoms with Gasteiger partial charge in [-0.15, -0.1) is 0 Å². The first-order valence-electron chi connectivity index (χ1n) is 6.13. The normalized spacial score (nSPS) is 11.1. The molecular weight excluding hydrogens is 277 g/mol. The number of rotatable bonds is 2. The third-order valence-corrected chi connectivity index (χ3v) is 3.99. The number of nitrogens with zero attached hydrogens (tertiary/aromatic N) is 1. The molecule has 0 aliphatic carbocycles. The van der Waals surface area contributed by atoms with E-state index in [0.29, 0.717) is 0 Å². The molecule has 0 fully saturated rings. The summed E-state index contributed by atoms with van der Waals surface area (Å²) in [7, 11) is 0. The Labute approximate surface area is 122 Å². The van der Waals surface area contributed by atoms with Gasteiger partial charge in [0.1, 0.15) is 0 Å². The summed E-state index contributed by atoms with van der Waals surface area (Å²) >= 11 is 12.5. The van der Waals surface area contributed by atoms with Crippen molar-refractivity contribution in [2.75, 3.05) is 0 Å². The number of fused-ring (bicyclic) bond motifs is 1. The first-order chi connectivity index (χ1) is 9.15. The summed E-state index contributed by atoms with van der Waals surface area (Å²) in [5.41, 5.74) is 3.42. The molecule has 0 N–H and O–H groups in total. The van der Waals surface area contributed by atoms with Crippen molar-refractivity contribution < 1.29 is 0 Å². The molecule has 2 aromatic carbocycles. The van der Waals surface area contributed by atoms with Gasteiger partial charge in [0.15, 0.2) is 0 Å². The number of halogens is 2. The van der Waals surface area contributed by atoms with Crippen LogP contribution < -0.4 is 0 Å². The summed E-state index contributed by atoms with van der Waals surface area (Å²) in [5, 5.41) is 2.67. The van der Waals surface area contributed by atoms with Crippen molar-refractivity contribution in [3.05, 3.63) is 69.8 Å². The molecule has 0 atom stereocenters. The molecule has 0 aliphatic heterocycles. The fourth-order valence-corrected chi connectivity index (χ4v) is 2.82. The number of aromatic nitrogens is 1. The summed E-state index contributed by atoms with van der Waals surface area (Å²) in [6.07, 6.45) is 2.05. The van der Waals surface area contributed by atoms with Gasteiger partial charge in [-0.1, -0.05) is 41.4 Å². The SMILES string of the molecule is Cc1ccc(Cn2ccc3c(Cl)cccc32)c(Cl)c1. The van der Waals surface area contributed by atoms with Gasteiger partial charge in [0.05, 0.1) is 0 Å². The van der Waals surface area contributed by atoms with Crippen molar-refractivity contribution in [1.29, 1.82) is 0 Å². The van der Waals surface area contributed by atoms with Gasteiger partial charge in [0.2, 0.25) is 0 Å². The zero-order valence-corrected chi connectivity index (χ0v) is 12.0. The zero-order chi connectivity index (χ0) is 13.4. The third-order valence-electron chi connectivity index (χ3n) is 3.31. The summed E-state index contributed by atoms with van der Waals surface area (Å²) in [6, 6.07) is 14.2. The largest absolute Gasteiger partial charge is 0.343 e. The first-order valence-corrected chi connectivity index (χ1v) is 6.89. The minimum absolute atomic E-state index is 0.753. The van der Waals surface area contributed by atoms with E-state index < -0.39 is 0 Å². The van der Waals surface area contributed by atoms with Gasteiger partial charge in [-0.25, -0.2) is 0 Å². The van der Waals surface area contributed by atoms with Crippen LogP contribution in [0.3, 0.4) is 0 Å². The van der Waals surface area contributed by atoms with Crippen LogP contribution in [0.15, 0.2) is 48.7 Å². The Kier molecular flexibility index (Phi) is 3.26. The smallest absolute Gasteiger partial charge is 0.0499 e. The van der Waals surface area contributed by atoms with Gasteiger partial charge in [-0.3, -0.25) is 0 Å². The van der Waals surface area contributed by atoms with E-state index in [1.807, 2.05) is 37.4 Å². The lowest BCUT2D eigenvalue weighted by Gasteiger charge is -2.08. The molecule has 0 saturated carbocycles. The van der Waals surface area contributed by atoms with Gasteiger partial charge in [-0.2, -0.15) is 0 Å². The molecule has 1 aromatic heterocycles. The number of benzene rings is 2. The lowest BCUT2D eigenvalue weighted by Crippen LogP contribution is -1.98. The van der Waals surface area contributed by atoms with E-state index in [1.54, 1.807) is 0 Å². The zero-order valence-electron chi connectivity index (χ0n) is 10.5. The van der Waals surface area contributed by atoms with Crippen LogP contribution in [-0.2, 0) is 6.54 Å². The molecule has 0 radical (unpaired) electrons. The van der Waals surface area contributed by atoms with Crippen molar-refractivity contribution in [2.45, 2.75) is 13.5 Å². The Bertz CT molecular complexity index is 744. The Morgan fingerprint density at radius 2 is 1.84 bits per heavy atom. The van der Waals surface area contributed by atoms with Crippen LogP contribution in [-0.4, -0.2) is 4.57 Å². The summed E-state index contributed by atoms with van der Waals surface area (Å²) in [4.78, 5) is 0. The monoisotopic (exact) mass is 289 g/mol. The third kappa shape index (κ3) is 2.36. The molecule has 3 aromatic rings. The van der Waals surface area contributed by atoms with Crippen molar-refractivity contribution in [3.63, 3.8) is 0 Å². The van der Waals surface area contributed by atoms with Crippen LogP contribution in [0.5, 0.6) is 0 Å². The molecule has 0 aliphatic rings. The predicted molar refractivity (Wildman–Crippen MR) is 82.2 cm³/mol. The highest BCUT2D eigenvalue weighted by Gasteiger charge is 2.06. The number of hydrogen-bond acceptors (Lipinski definition) is 0. The molecule has 1 heterocycles. The molecule has 0 saturated heterocycles. The second kappa shape index (κ2) is 4.92. The lowest BCUT2D eigenvalue weighted by atomic mass is 10.1. The van der Waals surface area contributed by atoms with Crippen LogP contribution in [0.25, 0.3) is 10.9 Å². The molecule has 0 bridgehead atoms. The van der Waals surface area contributed by atoms with Crippen LogP contribution in [0.4, 0.5) is 0 Å². The molecular formula is C16H13Cl2N. The van der Waals surface area contributed by atoms with E-state index in [4.69, 9.17) is 23.2 Å². The fourth-order valence-electron chi connectivity index (χ4n) is 2.29. The van der Waals surface area contributed by atoms with E-state index >= 15 is 0 Å². The van der Waals surface area contributed by atoms with Gasteiger partial charge >= 0.3 is 0 Å². The highest BCUT2D eigenvalue weighted by molar-refractivity contribution is 6.35. The van der Waals surface area contributed by atoms with E-state index in [0.717, 1.165) is 33.1 Å². The van der Waals surface area contributed by atoms with Crippen LogP contribution in [0.2, 0.25) is 10.0 Å². The lowest BCUT2D eigenvalue weighted by molar-refractivity contribution is 0.837. The van der Waals surface area contributed by atoms with Crippen LogP contribution in [0.1, 0.15) is 11.1 Å². The number of aryl methyl sites for hydroxylation is 1. The minimum Gasteiger partial charge on any atom is -0.343 e. The molecule has 96 valence electrons. The molecule has 0 amide bonds. The minimum atomic E-state index is 0.753. The van der Waals surface area contributed by atoms with E-state index in [1.165, 1.54) is 5.56 Å². The second-order valence-electron chi connectivity index (χ2n) is 4.71. The Morgan fingerprint density at radius 1 is 1.00 bits per heavy atom. The molecule has 19 heavy (non-hydrogen) atoms. The van der Waals surface area contributed by atoms with E-state index in [9.17, 15) is 0 Å². The topological polar surface area (TPSA) is 4.93 Å². The fraction of sp³-hybridized carbons (Fsp3) is 0.125. The maximum Gasteiger partial charge on any atom is 0.0499 e. The van der Waals surface area contributed by atoms with Crippen LogP contribution >= 0.6 is 23.2 Å². The molecule has 3 heteroatoms. The standard InChI is InChI=1S/C16H13Cl2N/c1-11-5-6-12(15(18)9-11)10-19-8-7-13-14(17)3-2-4-16(13)19/h2-9H,10H2,1H3. The summed E-state index contributed by atoms with van der Waals surface area (Å²) in [5.74, 6) is 0. The maximum atomic E-state index is 6.29. The molecule has 0 spiro atoms. The van der Waals surface area contributed by atoms with E-state index in [2.05, 4.69) is 22.8 Å².